The van der Waals surface area contributed by atoms with Gasteiger partial charge in [-0.05, 0) is 6.92 Å². The van der Waals surface area contributed by atoms with Crippen LogP contribution in [0.15, 0.2) is 30.3 Å². The minimum Gasteiger partial charge on any atom is -0.478 e. The van der Waals surface area contributed by atoms with Crippen molar-refractivity contribution in [3.05, 3.63) is 35.9 Å². The van der Waals surface area contributed by atoms with Gasteiger partial charge in [0.1, 0.15) is 5.78 Å². The fraction of sp³-hybridized carbons (Fsp3) is 0.308. The first-order chi connectivity index (χ1) is 8.50. The van der Waals surface area contributed by atoms with Crippen LogP contribution in [0.5, 0.6) is 0 Å². The zero-order valence-electron chi connectivity index (χ0n) is 9.96. The maximum atomic E-state index is 11.4. The molecule has 0 heterocycles. The maximum absolute atomic E-state index is 11.4. The minimum atomic E-state index is -1.33. The van der Waals surface area contributed by atoms with E-state index in [4.69, 9.17) is 9.84 Å². The van der Waals surface area contributed by atoms with Gasteiger partial charge in [0, 0.05) is 12.0 Å². The topological polar surface area (TPSA) is 80.7 Å². The Bertz CT molecular complexity index is 438. The molecule has 0 saturated heterocycles. The molecule has 18 heavy (non-hydrogen) atoms. The number of aliphatic carboxylic acids is 1. The van der Waals surface area contributed by atoms with Crippen LogP contribution in [0.25, 0.3) is 0 Å². The molecule has 1 aromatic rings. The normalized spacial score (nSPS) is 11.6. The Morgan fingerprint density at radius 2 is 1.78 bits per heavy atom. The number of rotatable bonds is 6. The van der Waals surface area contributed by atoms with E-state index in [2.05, 4.69) is 0 Å². The summed E-state index contributed by atoms with van der Waals surface area (Å²) in [5, 5.41) is 9.01. The molecule has 1 atom stereocenters. The first-order valence-corrected chi connectivity index (χ1v) is 5.47. The molecule has 0 amide bonds. The van der Waals surface area contributed by atoms with Gasteiger partial charge < -0.3 is 14.6 Å². The zero-order valence-corrected chi connectivity index (χ0v) is 9.96. The molecule has 0 aliphatic heterocycles. The smallest absolute Gasteiger partial charge is 0.349 e. The molecular weight excluding hydrogens is 236 g/mol. The van der Waals surface area contributed by atoms with Gasteiger partial charge in [0.2, 0.25) is 6.10 Å². The highest BCUT2D eigenvalue weighted by atomic mass is 16.6. The summed E-state index contributed by atoms with van der Waals surface area (Å²) in [6.45, 7) is 1.36. The van der Waals surface area contributed by atoms with Crippen LogP contribution in [0.4, 0.5) is 0 Å². The number of benzene rings is 1. The Morgan fingerprint density at radius 3 is 2.28 bits per heavy atom. The van der Waals surface area contributed by atoms with Crippen molar-refractivity contribution >= 4 is 17.7 Å². The van der Waals surface area contributed by atoms with Crippen LogP contribution in [0.2, 0.25) is 0 Å². The molecule has 0 radical (unpaired) electrons. The molecule has 1 N–H and O–H groups in total. The fourth-order valence-electron chi connectivity index (χ4n) is 1.36. The molecule has 5 heteroatoms. The summed E-state index contributed by atoms with van der Waals surface area (Å²) in [7, 11) is 0. The minimum absolute atomic E-state index is 0.0555. The molecule has 1 rings (SSSR count). The highest BCUT2D eigenvalue weighted by Crippen LogP contribution is 2.18. The van der Waals surface area contributed by atoms with Crippen LogP contribution in [-0.4, -0.2) is 22.8 Å². The highest BCUT2D eigenvalue weighted by Gasteiger charge is 2.23. The van der Waals surface area contributed by atoms with Gasteiger partial charge in [-0.1, -0.05) is 30.3 Å². The summed E-state index contributed by atoms with van der Waals surface area (Å²) < 4.78 is 4.86. The third-order valence-electron chi connectivity index (χ3n) is 2.26. The SMILES string of the molecule is CC(=O)CCC(=O)O[C@H](C(=O)O)c1ccccc1. The molecule has 0 fully saturated rings. The van der Waals surface area contributed by atoms with Gasteiger partial charge >= 0.3 is 11.9 Å². The van der Waals surface area contributed by atoms with Crippen molar-refractivity contribution < 1.29 is 24.2 Å². The summed E-state index contributed by atoms with van der Waals surface area (Å²) in [5.41, 5.74) is 0.390. The third kappa shape index (κ3) is 4.37. The lowest BCUT2D eigenvalue weighted by Crippen LogP contribution is -2.19. The van der Waals surface area contributed by atoms with Gasteiger partial charge in [-0.15, -0.1) is 0 Å². The lowest BCUT2D eigenvalue weighted by Gasteiger charge is -2.13. The van der Waals surface area contributed by atoms with Crippen molar-refractivity contribution in [3.8, 4) is 0 Å². The Morgan fingerprint density at radius 1 is 1.17 bits per heavy atom. The number of hydrogen-bond acceptors (Lipinski definition) is 4. The molecule has 1 aromatic carbocycles. The van der Waals surface area contributed by atoms with E-state index in [1.165, 1.54) is 6.92 Å². The molecule has 0 unspecified atom stereocenters. The van der Waals surface area contributed by atoms with Gasteiger partial charge in [0.05, 0.1) is 6.42 Å². The number of carboxylic acid groups (broad SMARTS) is 1. The van der Waals surface area contributed by atoms with Crippen LogP contribution >= 0.6 is 0 Å². The van der Waals surface area contributed by atoms with Crippen LogP contribution in [0, 0.1) is 0 Å². The summed E-state index contributed by atoms with van der Waals surface area (Å²) in [6.07, 6.45) is -1.38. The van der Waals surface area contributed by atoms with E-state index in [1.54, 1.807) is 30.3 Å². The number of Topliss-reactive ketones (excluding diaryl/α,β-unsaturated/α-hetero) is 1. The number of esters is 1. The van der Waals surface area contributed by atoms with Gasteiger partial charge in [0.15, 0.2) is 0 Å². The molecule has 96 valence electrons. The van der Waals surface area contributed by atoms with Gasteiger partial charge in [-0.2, -0.15) is 0 Å². The molecule has 0 saturated carbocycles. The lowest BCUT2D eigenvalue weighted by molar-refractivity contribution is -0.164. The number of ketones is 1. The summed E-state index contributed by atoms with van der Waals surface area (Å²) in [4.78, 5) is 33.1. The molecule has 0 aromatic heterocycles. The zero-order chi connectivity index (χ0) is 13.5. The molecule has 0 aliphatic carbocycles. The highest BCUT2D eigenvalue weighted by molar-refractivity contribution is 5.83. The first-order valence-electron chi connectivity index (χ1n) is 5.47. The lowest BCUT2D eigenvalue weighted by atomic mass is 10.1. The number of ether oxygens (including phenoxy) is 1. The van der Waals surface area contributed by atoms with E-state index in [1.807, 2.05) is 0 Å². The van der Waals surface area contributed by atoms with Crippen molar-refractivity contribution in [2.45, 2.75) is 25.9 Å². The van der Waals surface area contributed by atoms with Crippen LogP contribution in [0.3, 0.4) is 0 Å². The van der Waals surface area contributed by atoms with Crippen LogP contribution in [-0.2, 0) is 19.1 Å². The van der Waals surface area contributed by atoms with E-state index in [0.717, 1.165) is 0 Å². The van der Waals surface area contributed by atoms with Gasteiger partial charge in [-0.3, -0.25) is 4.79 Å². The Kier molecular flexibility index (Phi) is 5.05. The van der Waals surface area contributed by atoms with E-state index in [-0.39, 0.29) is 18.6 Å². The van der Waals surface area contributed by atoms with Gasteiger partial charge in [-0.25, -0.2) is 4.79 Å². The summed E-state index contributed by atoms with van der Waals surface area (Å²) in [5.74, 6) is -2.07. The van der Waals surface area contributed by atoms with Crippen LogP contribution in [0.1, 0.15) is 31.4 Å². The molecular formula is C13H14O5. The number of hydrogen-bond donors (Lipinski definition) is 1. The van der Waals surface area contributed by atoms with Gasteiger partial charge in [0.25, 0.3) is 0 Å². The summed E-state index contributed by atoms with van der Waals surface area (Å²) >= 11 is 0. The predicted octanol–water partition coefficient (Wildman–Crippen LogP) is 1.72. The average molecular weight is 250 g/mol. The molecule has 5 nitrogen and oxygen atoms in total. The second-order valence-corrected chi connectivity index (χ2v) is 3.82. The van der Waals surface area contributed by atoms with Crippen LogP contribution < -0.4 is 0 Å². The second-order valence-electron chi connectivity index (χ2n) is 3.82. The fourth-order valence-corrected chi connectivity index (χ4v) is 1.36. The third-order valence-corrected chi connectivity index (χ3v) is 2.26. The van der Waals surface area contributed by atoms with Crippen molar-refractivity contribution in [3.63, 3.8) is 0 Å². The Balaban J connectivity index is 2.67. The van der Waals surface area contributed by atoms with Crippen molar-refractivity contribution in [1.29, 1.82) is 0 Å². The summed E-state index contributed by atoms with van der Waals surface area (Å²) in [6, 6.07) is 8.19. The number of carbonyl (C=O) groups excluding carboxylic acids is 2. The monoisotopic (exact) mass is 250 g/mol. The van der Waals surface area contributed by atoms with E-state index in [9.17, 15) is 14.4 Å². The average Bonchev–Trinajstić information content (AvgIpc) is 2.34. The van der Waals surface area contributed by atoms with Crippen molar-refractivity contribution in [1.82, 2.24) is 0 Å². The number of carbonyl (C=O) groups is 3. The first kappa shape index (κ1) is 13.9. The second kappa shape index (κ2) is 6.54. The molecule has 0 spiro atoms. The van der Waals surface area contributed by atoms with Crippen molar-refractivity contribution in [2.75, 3.05) is 0 Å². The standard InChI is InChI=1S/C13H14O5/c1-9(14)7-8-11(15)18-12(13(16)17)10-5-3-2-4-6-10/h2-6,12H,7-8H2,1H3,(H,16,17)/t12-/m0/s1. The largest absolute Gasteiger partial charge is 0.478 e. The molecule has 0 aliphatic rings. The Labute approximate surface area is 104 Å². The Hall–Kier alpha value is -2.17. The van der Waals surface area contributed by atoms with E-state index in [0.29, 0.717) is 5.56 Å². The number of carboxylic acids is 1. The maximum Gasteiger partial charge on any atom is 0.349 e. The van der Waals surface area contributed by atoms with E-state index < -0.39 is 18.0 Å². The molecule has 0 bridgehead atoms. The van der Waals surface area contributed by atoms with Crippen molar-refractivity contribution in [2.24, 2.45) is 0 Å². The predicted molar refractivity (Wildman–Crippen MR) is 62.8 cm³/mol. The van der Waals surface area contributed by atoms with E-state index >= 15 is 0 Å². The quantitative estimate of drug-likeness (QED) is 0.777.